The zero-order chi connectivity index (χ0) is 12.7. The van der Waals surface area contributed by atoms with Crippen molar-refractivity contribution in [3.8, 4) is 0 Å². The third-order valence-electron chi connectivity index (χ3n) is 3.32. The average molecular weight is 346 g/mol. The van der Waals surface area contributed by atoms with Gasteiger partial charge < -0.3 is 5.32 Å². The van der Waals surface area contributed by atoms with Crippen molar-refractivity contribution in [2.45, 2.75) is 25.0 Å². The summed E-state index contributed by atoms with van der Waals surface area (Å²) in [5, 5.41) is 5.86. The van der Waals surface area contributed by atoms with Gasteiger partial charge in [0.1, 0.15) is 0 Å². The monoisotopic (exact) mass is 344 g/mol. The van der Waals surface area contributed by atoms with Gasteiger partial charge in [-0.2, -0.15) is 0 Å². The maximum absolute atomic E-state index is 6.15. The molecule has 1 N–H and O–H groups in total. The molecule has 1 saturated carbocycles. The van der Waals surface area contributed by atoms with E-state index >= 15 is 0 Å². The first kappa shape index (κ1) is 12.8. The molecule has 3 rings (SSSR count). The Morgan fingerprint density at radius 2 is 2.22 bits per heavy atom. The van der Waals surface area contributed by atoms with E-state index in [4.69, 9.17) is 11.6 Å². The molecule has 2 nitrogen and oxygen atoms in total. The second-order valence-corrected chi connectivity index (χ2v) is 7.34. The molecule has 0 saturated heterocycles. The van der Waals surface area contributed by atoms with E-state index in [2.05, 4.69) is 26.2 Å². The third-order valence-corrected chi connectivity index (χ3v) is 5.67. The van der Waals surface area contributed by atoms with Gasteiger partial charge in [0.15, 0.2) is 5.17 Å². The molecule has 0 spiro atoms. The molecule has 1 unspecified atom stereocenters. The molecular weight excluding hydrogens is 332 g/mol. The summed E-state index contributed by atoms with van der Waals surface area (Å²) < 4.78 is 1.03. The van der Waals surface area contributed by atoms with Crippen LogP contribution in [0.25, 0.3) is 0 Å². The SMILES string of the molecule is Cc1cc(Br)c(NC2=NCC(C3CC3)S2)cc1Cl. The summed E-state index contributed by atoms with van der Waals surface area (Å²) in [4.78, 5) is 4.57. The molecule has 2 aliphatic rings. The number of benzene rings is 1. The van der Waals surface area contributed by atoms with Crippen LogP contribution in [0.2, 0.25) is 5.02 Å². The molecule has 18 heavy (non-hydrogen) atoms. The number of amidine groups is 1. The van der Waals surface area contributed by atoms with Crippen LogP contribution in [0.4, 0.5) is 5.69 Å². The van der Waals surface area contributed by atoms with Gasteiger partial charge in [-0.05, 0) is 59.3 Å². The minimum absolute atomic E-state index is 0.687. The fraction of sp³-hybridized carbons (Fsp3) is 0.462. The van der Waals surface area contributed by atoms with Crippen LogP contribution in [-0.4, -0.2) is 17.0 Å². The quantitative estimate of drug-likeness (QED) is 0.840. The standard InChI is InChI=1S/C13H14BrClN2S/c1-7-4-9(14)11(5-10(7)15)17-13-16-6-12(18-13)8-2-3-8/h4-5,8,12H,2-3,6H2,1H3,(H,16,17). The van der Waals surface area contributed by atoms with Crippen molar-refractivity contribution in [2.24, 2.45) is 10.9 Å². The Hall–Kier alpha value is -0.190. The lowest BCUT2D eigenvalue weighted by molar-refractivity contribution is 0.773. The van der Waals surface area contributed by atoms with Gasteiger partial charge in [-0.1, -0.05) is 23.4 Å². The summed E-state index contributed by atoms with van der Waals surface area (Å²) in [7, 11) is 0. The van der Waals surface area contributed by atoms with Gasteiger partial charge in [0.2, 0.25) is 0 Å². The molecule has 1 aliphatic heterocycles. The molecule has 96 valence electrons. The smallest absolute Gasteiger partial charge is 0.161 e. The van der Waals surface area contributed by atoms with Crippen molar-refractivity contribution in [1.82, 2.24) is 0 Å². The average Bonchev–Trinajstić information content (AvgIpc) is 3.07. The van der Waals surface area contributed by atoms with Crippen LogP contribution in [0.5, 0.6) is 0 Å². The fourth-order valence-electron chi connectivity index (χ4n) is 2.03. The Bertz CT molecular complexity index is 514. The minimum atomic E-state index is 0.687. The van der Waals surface area contributed by atoms with E-state index in [1.54, 1.807) is 0 Å². The summed E-state index contributed by atoms with van der Waals surface area (Å²) in [6, 6.07) is 3.98. The van der Waals surface area contributed by atoms with Crippen LogP contribution in [0.1, 0.15) is 18.4 Å². The zero-order valence-corrected chi connectivity index (χ0v) is 13.2. The van der Waals surface area contributed by atoms with Crippen molar-refractivity contribution in [2.75, 3.05) is 11.9 Å². The Morgan fingerprint density at radius 3 is 2.94 bits per heavy atom. The van der Waals surface area contributed by atoms with Gasteiger partial charge in [-0.25, -0.2) is 0 Å². The van der Waals surface area contributed by atoms with Gasteiger partial charge >= 0.3 is 0 Å². The number of rotatable bonds is 2. The molecule has 5 heteroatoms. The number of aliphatic imine (C=N–C) groups is 1. The molecule has 0 amide bonds. The number of hydrogen-bond donors (Lipinski definition) is 1. The highest BCUT2D eigenvalue weighted by Crippen LogP contribution is 2.42. The molecule has 0 radical (unpaired) electrons. The zero-order valence-electron chi connectivity index (χ0n) is 10.0. The Labute approximate surface area is 125 Å². The van der Waals surface area contributed by atoms with E-state index in [1.807, 2.05) is 30.8 Å². The van der Waals surface area contributed by atoms with Gasteiger partial charge in [0.05, 0.1) is 12.2 Å². The fourth-order valence-corrected chi connectivity index (χ4v) is 3.97. The third kappa shape index (κ3) is 2.70. The lowest BCUT2D eigenvalue weighted by Gasteiger charge is -2.11. The molecule has 1 heterocycles. The van der Waals surface area contributed by atoms with E-state index in [0.29, 0.717) is 5.25 Å². The van der Waals surface area contributed by atoms with Crippen LogP contribution >= 0.6 is 39.3 Å². The van der Waals surface area contributed by atoms with E-state index in [-0.39, 0.29) is 0 Å². The van der Waals surface area contributed by atoms with Gasteiger partial charge in [-0.3, -0.25) is 4.99 Å². The number of nitrogens with zero attached hydrogens (tertiary/aromatic N) is 1. The molecule has 0 bridgehead atoms. The van der Waals surface area contributed by atoms with Gasteiger partial charge in [0.25, 0.3) is 0 Å². The molecule has 0 aromatic heterocycles. The van der Waals surface area contributed by atoms with Crippen molar-refractivity contribution >= 4 is 50.1 Å². The minimum Gasteiger partial charge on any atom is -0.334 e. The van der Waals surface area contributed by atoms with E-state index in [1.165, 1.54) is 12.8 Å². The molecule has 1 aromatic carbocycles. The molecule has 1 fully saturated rings. The summed E-state index contributed by atoms with van der Waals surface area (Å²) >= 11 is 11.6. The molecular formula is C13H14BrClN2S. The summed E-state index contributed by atoms with van der Waals surface area (Å²) in [6.45, 7) is 2.96. The van der Waals surface area contributed by atoms with Crippen LogP contribution in [0.3, 0.4) is 0 Å². The van der Waals surface area contributed by atoms with Crippen molar-refractivity contribution in [1.29, 1.82) is 0 Å². The summed E-state index contributed by atoms with van der Waals surface area (Å²) in [5.41, 5.74) is 2.07. The van der Waals surface area contributed by atoms with E-state index < -0.39 is 0 Å². The molecule has 1 aliphatic carbocycles. The maximum atomic E-state index is 6.15. The maximum Gasteiger partial charge on any atom is 0.161 e. The molecule has 1 aromatic rings. The second kappa shape index (κ2) is 5.06. The highest BCUT2D eigenvalue weighted by Gasteiger charge is 2.35. The first-order chi connectivity index (χ1) is 8.63. The van der Waals surface area contributed by atoms with Crippen molar-refractivity contribution in [3.63, 3.8) is 0 Å². The van der Waals surface area contributed by atoms with Crippen molar-refractivity contribution < 1.29 is 0 Å². The van der Waals surface area contributed by atoms with Crippen LogP contribution in [-0.2, 0) is 0 Å². The summed E-state index contributed by atoms with van der Waals surface area (Å²) in [6.07, 6.45) is 2.75. The lowest BCUT2D eigenvalue weighted by Crippen LogP contribution is -2.09. The van der Waals surface area contributed by atoms with Crippen LogP contribution in [0.15, 0.2) is 21.6 Å². The van der Waals surface area contributed by atoms with E-state index in [9.17, 15) is 0 Å². The Balaban J connectivity index is 1.71. The first-order valence-corrected chi connectivity index (χ1v) is 8.12. The predicted molar refractivity (Wildman–Crippen MR) is 83.9 cm³/mol. The number of thioether (sulfide) groups is 1. The summed E-state index contributed by atoms with van der Waals surface area (Å²) in [5.74, 6) is 0.892. The predicted octanol–water partition coefficient (Wildman–Crippen LogP) is 4.70. The Morgan fingerprint density at radius 1 is 1.44 bits per heavy atom. The second-order valence-electron chi connectivity index (χ2n) is 4.85. The largest absolute Gasteiger partial charge is 0.334 e. The number of hydrogen-bond acceptors (Lipinski definition) is 3. The number of aryl methyl sites for hydroxylation is 1. The number of anilines is 1. The highest BCUT2D eigenvalue weighted by molar-refractivity contribution is 9.10. The number of halogens is 2. The lowest BCUT2D eigenvalue weighted by atomic mass is 10.2. The number of nitrogens with one attached hydrogen (secondary N) is 1. The topological polar surface area (TPSA) is 24.4 Å². The van der Waals surface area contributed by atoms with Crippen LogP contribution < -0.4 is 5.32 Å². The van der Waals surface area contributed by atoms with Crippen molar-refractivity contribution in [3.05, 3.63) is 27.2 Å². The molecule has 1 atom stereocenters. The van der Waals surface area contributed by atoms with Crippen LogP contribution in [0, 0.1) is 12.8 Å². The van der Waals surface area contributed by atoms with Gasteiger partial charge in [0, 0.05) is 14.7 Å². The Kier molecular flexibility index (Phi) is 3.61. The van der Waals surface area contributed by atoms with Gasteiger partial charge in [-0.15, -0.1) is 0 Å². The highest BCUT2D eigenvalue weighted by atomic mass is 79.9. The first-order valence-electron chi connectivity index (χ1n) is 6.07. The normalized spacial score (nSPS) is 23.1. The van der Waals surface area contributed by atoms with E-state index in [0.717, 1.165) is 38.4 Å².